The highest BCUT2D eigenvalue weighted by Crippen LogP contribution is 2.14. The van der Waals surface area contributed by atoms with Crippen molar-refractivity contribution in [3.63, 3.8) is 0 Å². The monoisotopic (exact) mass is 295 g/mol. The minimum Gasteiger partial charge on any atom is -0.463 e. The van der Waals surface area contributed by atoms with E-state index in [1.807, 2.05) is 6.92 Å². The number of anilines is 2. The standard InChI is InChI=1S/C13H25N7O/c1-3-8-21-13-17-11(16-12(18-13)19-14)15-9-10(2)20-6-4-5-7-20/h10H,3-9,14H2,1-2H3,(H2,15,16,17,18,19). The predicted octanol–water partition coefficient (Wildman–Crippen LogP) is 0.842. The van der Waals surface area contributed by atoms with Gasteiger partial charge in [-0.25, -0.2) is 5.84 Å². The van der Waals surface area contributed by atoms with Crippen molar-refractivity contribution in [3.05, 3.63) is 0 Å². The summed E-state index contributed by atoms with van der Waals surface area (Å²) >= 11 is 0. The summed E-state index contributed by atoms with van der Waals surface area (Å²) < 4.78 is 5.44. The fourth-order valence-corrected chi connectivity index (χ4v) is 2.31. The Morgan fingerprint density at radius 3 is 2.62 bits per heavy atom. The van der Waals surface area contributed by atoms with Gasteiger partial charge in [-0.2, -0.15) is 15.0 Å². The Labute approximate surface area is 125 Å². The number of ether oxygens (including phenoxy) is 1. The van der Waals surface area contributed by atoms with Crippen LogP contribution in [0.3, 0.4) is 0 Å². The number of hydrogen-bond donors (Lipinski definition) is 3. The van der Waals surface area contributed by atoms with Gasteiger partial charge in [0.2, 0.25) is 11.9 Å². The maximum atomic E-state index is 5.44. The van der Waals surface area contributed by atoms with Crippen LogP contribution in [0, 0.1) is 0 Å². The van der Waals surface area contributed by atoms with E-state index in [1.165, 1.54) is 25.9 Å². The summed E-state index contributed by atoms with van der Waals surface area (Å²) in [6.07, 6.45) is 3.46. The van der Waals surface area contributed by atoms with E-state index in [0.29, 0.717) is 24.5 Å². The smallest absolute Gasteiger partial charge is 0.323 e. The van der Waals surface area contributed by atoms with Crippen molar-refractivity contribution in [2.75, 3.05) is 37.0 Å². The molecule has 1 aliphatic rings. The number of aromatic nitrogens is 3. The van der Waals surface area contributed by atoms with Gasteiger partial charge in [-0.05, 0) is 39.3 Å². The molecule has 1 atom stereocenters. The number of nitrogens with two attached hydrogens (primary N) is 1. The minimum atomic E-state index is 0.288. The molecule has 0 radical (unpaired) electrons. The summed E-state index contributed by atoms with van der Waals surface area (Å²) in [7, 11) is 0. The maximum Gasteiger partial charge on any atom is 0.323 e. The molecule has 0 bridgehead atoms. The van der Waals surface area contributed by atoms with Crippen LogP contribution in [0.25, 0.3) is 0 Å². The van der Waals surface area contributed by atoms with Crippen LogP contribution >= 0.6 is 0 Å². The summed E-state index contributed by atoms with van der Waals surface area (Å²) in [5.41, 5.74) is 2.43. The third-order valence-electron chi connectivity index (χ3n) is 3.50. The summed E-state index contributed by atoms with van der Waals surface area (Å²) in [6, 6.07) is 0.731. The Morgan fingerprint density at radius 1 is 1.24 bits per heavy atom. The summed E-state index contributed by atoms with van der Waals surface area (Å²) in [4.78, 5) is 15.0. The molecule has 1 aromatic rings. The molecule has 8 heteroatoms. The Kier molecular flexibility index (Phi) is 5.94. The molecule has 1 aliphatic heterocycles. The molecular formula is C13H25N7O. The quantitative estimate of drug-likeness (QED) is 0.479. The summed E-state index contributed by atoms with van der Waals surface area (Å²) in [5.74, 6) is 6.16. The van der Waals surface area contributed by atoms with Crippen molar-refractivity contribution in [2.24, 2.45) is 5.84 Å². The second kappa shape index (κ2) is 7.94. The van der Waals surface area contributed by atoms with E-state index < -0.39 is 0 Å². The molecule has 0 saturated carbocycles. The molecule has 1 aromatic heterocycles. The van der Waals surface area contributed by atoms with Gasteiger partial charge in [-0.1, -0.05) is 6.92 Å². The van der Waals surface area contributed by atoms with Crippen molar-refractivity contribution >= 4 is 11.9 Å². The molecule has 4 N–H and O–H groups in total. The van der Waals surface area contributed by atoms with Gasteiger partial charge in [0.15, 0.2) is 0 Å². The van der Waals surface area contributed by atoms with Gasteiger partial charge in [-0.15, -0.1) is 0 Å². The van der Waals surface area contributed by atoms with Gasteiger partial charge in [-0.3, -0.25) is 10.3 Å². The Balaban J connectivity index is 1.94. The average Bonchev–Trinajstić information content (AvgIpc) is 3.04. The van der Waals surface area contributed by atoms with Crippen molar-refractivity contribution < 1.29 is 4.74 Å². The first-order chi connectivity index (χ1) is 10.2. The first-order valence-corrected chi connectivity index (χ1v) is 7.56. The van der Waals surface area contributed by atoms with E-state index >= 15 is 0 Å². The van der Waals surface area contributed by atoms with Crippen molar-refractivity contribution in [1.82, 2.24) is 19.9 Å². The molecule has 21 heavy (non-hydrogen) atoms. The third-order valence-corrected chi connectivity index (χ3v) is 3.50. The lowest BCUT2D eigenvalue weighted by atomic mass is 10.3. The number of hydrogen-bond acceptors (Lipinski definition) is 8. The molecular weight excluding hydrogens is 270 g/mol. The number of nitrogens with zero attached hydrogens (tertiary/aromatic N) is 4. The maximum absolute atomic E-state index is 5.44. The molecule has 0 aromatic carbocycles. The molecule has 1 saturated heterocycles. The van der Waals surface area contributed by atoms with Gasteiger partial charge >= 0.3 is 6.01 Å². The van der Waals surface area contributed by atoms with Crippen molar-refractivity contribution in [1.29, 1.82) is 0 Å². The van der Waals surface area contributed by atoms with Gasteiger partial charge < -0.3 is 10.1 Å². The Hall–Kier alpha value is -1.67. The Morgan fingerprint density at radius 2 is 1.95 bits per heavy atom. The third kappa shape index (κ3) is 4.68. The summed E-state index contributed by atoms with van der Waals surface area (Å²) in [6.45, 7) is 7.91. The topological polar surface area (TPSA) is 101 Å². The van der Waals surface area contributed by atoms with Crippen LogP contribution in [-0.2, 0) is 0 Å². The SMILES string of the molecule is CCCOc1nc(NN)nc(NCC(C)N2CCCC2)n1. The first-order valence-electron chi connectivity index (χ1n) is 7.56. The fourth-order valence-electron chi connectivity index (χ4n) is 2.31. The summed E-state index contributed by atoms with van der Waals surface area (Å²) in [5, 5.41) is 3.23. The van der Waals surface area contributed by atoms with Gasteiger partial charge in [0.1, 0.15) is 0 Å². The van der Waals surface area contributed by atoms with E-state index in [9.17, 15) is 0 Å². The molecule has 1 fully saturated rings. The fraction of sp³-hybridized carbons (Fsp3) is 0.769. The zero-order valence-corrected chi connectivity index (χ0v) is 12.8. The number of likely N-dealkylation sites (tertiary alicyclic amines) is 1. The van der Waals surface area contributed by atoms with E-state index in [0.717, 1.165) is 13.0 Å². The van der Waals surface area contributed by atoms with Crippen LogP contribution < -0.4 is 21.3 Å². The number of nitrogen functional groups attached to an aromatic ring is 1. The van der Waals surface area contributed by atoms with Crippen molar-refractivity contribution in [2.45, 2.75) is 39.2 Å². The molecule has 0 amide bonds. The number of rotatable bonds is 8. The van der Waals surface area contributed by atoms with Gasteiger partial charge in [0.05, 0.1) is 6.61 Å². The number of hydrazine groups is 1. The lowest BCUT2D eigenvalue weighted by Gasteiger charge is -2.23. The molecule has 118 valence electrons. The van der Waals surface area contributed by atoms with Crippen molar-refractivity contribution in [3.8, 4) is 6.01 Å². The van der Waals surface area contributed by atoms with Gasteiger partial charge in [0.25, 0.3) is 0 Å². The average molecular weight is 295 g/mol. The second-order valence-corrected chi connectivity index (χ2v) is 5.23. The van der Waals surface area contributed by atoms with Crippen LogP contribution in [0.1, 0.15) is 33.1 Å². The number of nitrogens with one attached hydrogen (secondary N) is 2. The Bertz CT molecular complexity index is 437. The molecule has 2 heterocycles. The van der Waals surface area contributed by atoms with Crippen LogP contribution in [0.15, 0.2) is 0 Å². The molecule has 1 unspecified atom stereocenters. The van der Waals surface area contributed by atoms with Gasteiger partial charge in [0, 0.05) is 12.6 Å². The largest absolute Gasteiger partial charge is 0.463 e. The first kappa shape index (κ1) is 15.7. The highest BCUT2D eigenvalue weighted by Gasteiger charge is 2.18. The van der Waals surface area contributed by atoms with E-state index in [1.54, 1.807) is 0 Å². The van der Waals surface area contributed by atoms with Crippen LogP contribution in [-0.4, -0.2) is 52.1 Å². The molecule has 0 spiro atoms. The molecule has 2 rings (SSSR count). The highest BCUT2D eigenvalue weighted by atomic mass is 16.5. The minimum absolute atomic E-state index is 0.288. The molecule has 8 nitrogen and oxygen atoms in total. The predicted molar refractivity (Wildman–Crippen MR) is 82.2 cm³/mol. The van der Waals surface area contributed by atoms with Crippen LogP contribution in [0.5, 0.6) is 6.01 Å². The lowest BCUT2D eigenvalue weighted by Crippen LogP contribution is -2.35. The highest BCUT2D eigenvalue weighted by molar-refractivity contribution is 5.35. The van der Waals surface area contributed by atoms with E-state index in [4.69, 9.17) is 10.6 Å². The molecule has 0 aliphatic carbocycles. The van der Waals surface area contributed by atoms with Crippen LogP contribution in [0.4, 0.5) is 11.9 Å². The van der Waals surface area contributed by atoms with Crippen LogP contribution in [0.2, 0.25) is 0 Å². The zero-order chi connectivity index (χ0) is 15.1. The lowest BCUT2D eigenvalue weighted by molar-refractivity contribution is 0.268. The normalized spacial score (nSPS) is 16.7. The second-order valence-electron chi connectivity index (χ2n) is 5.23. The van der Waals surface area contributed by atoms with E-state index in [2.05, 4.69) is 37.5 Å². The van der Waals surface area contributed by atoms with E-state index in [-0.39, 0.29) is 6.01 Å². The zero-order valence-electron chi connectivity index (χ0n) is 12.8.